The second-order valence-corrected chi connectivity index (χ2v) is 4.31. The van der Waals surface area contributed by atoms with Gasteiger partial charge in [-0.05, 0) is 25.5 Å². The van der Waals surface area contributed by atoms with Gasteiger partial charge in [-0.3, -0.25) is 4.79 Å². The van der Waals surface area contributed by atoms with E-state index in [9.17, 15) is 4.79 Å². The molecule has 0 spiro atoms. The van der Waals surface area contributed by atoms with E-state index in [0.29, 0.717) is 6.54 Å². The number of para-hydroxylation sites is 1. The SMILES string of the molecule is CCN(C(=O)C1C=CC(N)C1)c1ccccc1. The number of nitrogens with zero attached hydrogens (tertiary/aromatic N) is 1. The zero-order valence-corrected chi connectivity index (χ0v) is 10.0. The van der Waals surface area contributed by atoms with Crippen molar-refractivity contribution in [2.45, 2.75) is 19.4 Å². The molecule has 0 saturated heterocycles. The first-order valence-corrected chi connectivity index (χ1v) is 6.02. The van der Waals surface area contributed by atoms with Crippen molar-refractivity contribution >= 4 is 11.6 Å². The Bertz CT molecular complexity index is 413. The predicted octanol–water partition coefficient (Wildman–Crippen LogP) is 1.94. The van der Waals surface area contributed by atoms with Gasteiger partial charge in [-0.2, -0.15) is 0 Å². The second-order valence-electron chi connectivity index (χ2n) is 4.31. The first-order chi connectivity index (χ1) is 8.22. The Morgan fingerprint density at radius 2 is 2.06 bits per heavy atom. The summed E-state index contributed by atoms with van der Waals surface area (Å²) >= 11 is 0. The fourth-order valence-electron chi connectivity index (χ4n) is 2.18. The summed E-state index contributed by atoms with van der Waals surface area (Å²) in [7, 11) is 0. The molecule has 3 heteroatoms. The lowest BCUT2D eigenvalue weighted by molar-refractivity contribution is -0.121. The van der Waals surface area contributed by atoms with Crippen LogP contribution in [-0.4, -0.2) is 18.5 Å². The molecule has 0 saturated carbocycles. The van der Waals surface area contributed by atoms with Crippen molar-refractivity contribution in [1.29, 1.82) is 0 Å². The molecule has 2 N–H and O–H groups in total. The van der Waals surface area contributed by atoms with Crippen molar-refractivity contribution in [2.24, 2.45) is 11.7 Å². The summed E-state index contributed by atoms with van der Waals surface area (Å²) in [5.74, 6) is 0.0769. The largest absolute Gasteiger partial charge is 0.324 e. The van der Waals surface area contributed by atoms with Gasteiger partial charge in [-0.25, -0.2) is 0 Å². The number of hydrogen-bond donors (Lipinski definition) is 1. The zero-order chi connectivity index (χ0) is 12.3. The maximum atomic E-state index is 12.3. The molecular weight excluding hydrogens is 212 g/mol. The average Bonchev–Trinajstić information content (AvgIpc) is 2.78. The Balaban J connectivity index is 2.14. The minimum atomic E-state index is -0.0647. The van der Waals surface area contributed by atoms with Crippen molar-refractivity contribution in [3.63, 3.8) is 0 Å². The molecule has 17 heavy (non-hydrogen) atoms. The number of hydrogen-bond acceptors (Lipinski definition) is 2. The highest BCUT2D eigenvalue weighted by Crippen LogP contribution is 2.22. The molecule has 1 aliphatic carbocycles. The van der Waals surface area contributed by atoms with Gasteiger partial charge in [-0.15, -0.1) is 0 Å². The topological polar surface area (TPSA) is 46.3 Å². The van der Waals surface area contributed by atoms with Crippen LogP contribution in [0, 0.1) is 5.92 Å². The summed E-state index contributed by atoms with van der Waals surface area (Å²) in [6.45, 7) is 2.67. The van der Waals surface area contributed by atoms with Crippen LogP contribution in [0.4, 0.5) is 5.69 Å². The number of carbonyl (C=O) groups excluding carboxylic acids is 1. The monoisotopic (exact) mass is 230 g/mol. The number of rotatable bonds is 3. The molecule has 1 aromatic rings. The minimum absolute atomic E-state index is 0.0263. The van der Waals surface area contributed by atoms with Gasteiger partial charge in [0.2, 0.25) is 5.91 Å². The van der Waals surface area contributed by atoms with E-state index in [1.54, 1.807) is 0 Å². The summed E-state index contributed by atoms with van der Waals surface area (Å²) in [6.07, 6.45) is 4.57. The number of amides is 1. The zero-order valence-electron chi connectivity index (χ0n) is 10.0. The molecule has 2 rings (SSSR count). The first-order valence-electron chi connectivity index (χ1n) is 6.02. The van der Waals surface area contributed by atoms with Crippen LogP contribution in [0.25, 0.3) is 0 Å². The predicted molar refractivity (Wildman–Crippen MR) is 69.7 cm³/mol. The van der Waals surface area contributed by atoms with Crippen molar-refractivity contribution < 1.29 is 4.79 Å². The number of nitrogens with two attached hydrogens (primary N) is 1. The highest BCUT2D eigenvalue weighted by molar-refractivity contribution is 5.96. The maximum Gasteiger partial charge on any atom is 0.233 e. The Kier molecular flexibility index (Phi) is 3.59. The average molecular weight is 230 g/mol. The van der Waals surface area contributed by atoms with Crippen LogP contribution in [0.15, 0.2) is 42.5 Å². The van der Waals surface area contributed by atoms with E-state index in [1.807, 2.05) is 54.3 Å². The van der Waals surface area contributed by atoms with Crippen LogP contribution in [-0.2, 0) is 4.79 Å². The normalized spacial score (nSPS) is 22.7. The summed E-state index contributed by atoms with van der Waals surface area (Å²) < 4.78 is 0. The lowest BCUT2D eigenvalue weighted by atomic mass is 10.1. The molecule has 2 atom stereocenters. The van der Waals surface area contributed by atoms with Gasteiger partial charge < -0.3 is 10.6 Å². The van der Waals surface area contributed by atoms with E-state index in [1.165, 1.54) is 0 Å². The van der Waals surface area contributed by atoms with Crippen LogP contribution >= 0.6 is 0 Å². The highest BCUT2D eigenvalue weighted by atomic mass is 16.2. The smallest absolute Gasteiger partial charge is 0.233 e. The van der Waals surface area contributed by atoms with E-state index in [2.05, 4.69) is 0 Å². The van der Waals surface area contributed by atoms with Gasteiger partial charge in [-0.1, -0.05) is 30.4 Å². The third-order valence-electron chi connectivity index (χ3n) is 3.08. The summed E-state index contributed by atoms with van der Waals surface area (Å²) in [5.41, 5.74) is 6.74. The maximum absolute atomic E-state index is 12.3. The van der Waals surface area contributed by atoms with Crippen LogP contribution < -0.4 is 10.6 Å². The van der Waals surface area contributed by atoms with E-state index in [-0.39, 0.29) is 17.9 Å². The molecule has 0 bridgehead atoms. The third-order valence-corrected chi connectivity index (χ3v) is 3.08. The Morgan fingerprint density at radius 1 is 1.35 bits per heavy atom. The summed E-state index contributed by atoms with van der Waals surface area (Å²) in [6, 6.07) is 9.79. The number of anilines is 1. The van der Waals surface area contributed by atoms with Gasteiger partial charge in [0, 0.05) is 18.3 Å². The standard InChI is InChI=1S/C14H18N2O/c1-2-16(13-6-4-3-5-7-13)14(17)11-8-9-12(15)10-11/h3-9,11-12H,2,10,15H2,1H3. The first kappa shape index (κ1) is 11.9. The van der Waals surface area contributed by atoms with E-state index in [4.69, 9.17) is 5.73 Å². The molecule has 0 aromatic heterocycles. The molecule has 2 unspecified atom stereocenters. The van der Waals surface area contributed by atoms with Crippen LogP contribution in [0.2, 0.25) is 0 Å². The Labute approximate surface area is 102 Å². The third kappa shape index (κ3) is 2.56. The number of carbonyl (C=O) groups is 1. The van der Waals surface area contributed by atoms with Crippen LogP contribution in [0.1, 0.15) is 13.3 Å². The molecule has 0 fully saturated rings. The fraction of sp³-hybridized carbons (Fsp3) is 0.357. The molecule has 3 nitrogen and oxygen atoms in total. The van der Waals surface area contributed by atoms with Crippen molar-refractivity contribution in [2.75, 3.05) is 11.4 Å². The molecule has 0 aliphatic heterocycles. The number of benzene rings is 1. The van der Waals surface area contributed by atoms with E-state index >= 15 is 0 Å². The van der Waals surface area contributed by atoms with Gasteiger partial charge in [0.25, 0.3) is 0 Å². The molecule has 0 radical (unpaired) electrons. The van der Waals surface area contributed by atoms with Gasteiger partial charge in [0.15, 0.2) is 0 Å². The Morgan fingerprint density at radius 3 is 2.59 bits per heavy atom. The van der Waals surface area contributed by atoms with Crippen LogP contribution in [0.3, 0.4) is 0 Å². The molecular formula is C14H18N2O. The lowest BCUT2D eigenvalue weighted by Gasteiger charge is -2.24. The summed E-state index contributed by atoms with van der Waals surface area (Å²) in [4.78, 5) is 14.2. The fourth-order valence-corrected chi connectivity index (χ4v) is 2.18. The van der Waals surface area contributed by atoms with Gasteiger partial charge in [0.05, 0.1) is 5.92 Å². The van der Waals surface area contributed by atoms with Crippen LogP contribution in [0.5, 0.6) is 0 Å². The van der Waals surface area contributed by atoms with Crippen molar-refractivity contribution in [3.05, 3.63) is 42.5 Å². The Hall–Kier alpha value is -1.61. The van der Waals surface area contributed by atoms with E-state index < -0.39 is 0 Å². The van der Waals surface area contributed by atoms with Crippen molar-refractivity contribution in [1.82, 2.24) is 0 Å². The second kappa shape index (κ2) is 5.15. The summed E-state index contributed by atoms with van der Waals surface area (Å²) in [5, 5.41) is 0. The van der Waals surface area contributed by atoms with Crippen molar-refractivity contribution in [3.8, 4) is 0 Å². The quantitative estimate of drug-likeness (QED) is 0.807. The molecule has 90 valence electrons. The molecule has 0 heterocycles. The van der Waals surface area contributed by atoms with E-state index in [0.717, 1.165) is 12.1 Å². The molecule has 1 aromatic carbocycles. The van der Waals surface area contributed by atoms with Gasteiger partial charge >= 0.3 is 0 Å². The molecule has 1 aliphatic rings. The lowest BCUT2D eigenvalue weighted by Crippen LogP contribution is -2.35. The highest BCUT2D eigenvalue weighted by Gasteiger charge is 2.26. The molecule has 1 amide bonds. The minimum Gasteiger partial charge on any atom is -0.324 e. The van der Waals surface area contributed by atoms with Gasteiger partial charge in [0.1, 0.15) is 0 Å².